The first-order valence-electron chi connectivity index (χ1n) is 9.09. The summed E-state index contributed by atoms with van der Waals surface area (Å²) in [7, 11) is 0. The number of benzene rings is 2. The average molecular weight is 347 g/mol. The van der Waals surface area contributed by atoms with Crippen LogP contribution in [0.15, 0.2) is 60.7 Å². The van der Waals surface area contributed by atoms with E-state index in [0.29, 0.717) is 13.1 Å². The van der Waals surface area contributed by atoms with Crippen LogP contribution in [0.5, 0.6) is 0 Å². The van der Waals surface area contributed by atoms with Gasteiger partial charge in [0.05, 0.1) is 13.1 Å². The Balaban J connectivity index is 1.34. The summed E-state index contributed by atoms with van der Waals surface area (Å²) in [5.41, 5.74) is 2.31. The van der Waals surface area contributed by atoms with Gasteiger partial charge < -0.3 is 5.32 Å². The van der Waals surface area contributed by atoms with Crippen LogP contribution < -0.4 is 5.32 Å². The van der Waals surface area contributed by atoms with Crippen molar-refractivity contribution < 1.29 is 4.79 Å². The van der Waals surface area contributed by atoms with Crippen molar-refractivity contribution in [1.29, 1.82) is 0 Å². The maximum absolute atomic E-state index is 12.1. The Kier molecular flexibility index (Phi) is 6.83. The second kappa shape index (κ2) is 9.76. The molecule has 1 aliphatic rings. The lowest BCUT2D eigenvalue weighted by Gasteiger charge is -2.34. The molecule has 2 aromatic rings. The normalized spacial score (nSPS) is 15.1. The van der Waals surface area contributed by atoms with E-state index in [0.717, 1.165) is 38.3 Å². The third kappa shape index (κ3) is 6.03. The van der Waals surface area contributed by atoms with Crippen molar-refractivity contribution in [2.45, 2.75) is 6.54 Å². The van der Waals surface area contributed by atoms with Gasteiger partial charge in [-0.15, -0.1) is 0 Å². The number of carbonyl (C=O) groups excluding carboxylic acids is 1. The highest BCUT2D eigenvalue weighted by atomic mass is 16.2. The van der Waals surface area contributed by atoms with Crippen LogP contribution >= 0.6 is 0 Å². The molecule has 2 aromatic carbocycles. The molecule has 4 nitrogen and oxygen atoms in total. The summed E-state index contributed by atoms with van der Waals surface area (Å²) in [4.78, 5) is 16.7. The number of nitrogens with zero attached hydrogens (tertiary/aromatic N) is 2. The molecule has 134 valence electrons. The molecule has 1 amide bonds. The van der Waals surface area contributed by atoms with Gasteiger partial charge in [0.1, 0.15) is 0 Å². The van der Waals surface area contributed by atoms with Gasteiger partial charge in [0.25, 0.3) is 0 Å². The molecule has 0 unspecified atom stereocenters. The zero-order valence-electron chi connectivity index (χ0n) is 15.0. The molecule has 0 aliphatic carbocycles. The molecule has 1 N–H and O–H groups in total. The van der Waals surface area contributed by atoms with Gasteiger partial charge in [-0.3, -0.25) is 14.6 Å². The molecule has 1 aliphatic heterocycles. The third-order valence-electron chi connectivity index (χ3n) is 4.46. The molecule has 26 heavy (non-hydrogen) atoms. The van der Waals surface area contributed by atoms with Gasteiger partial charge >= 0.3 is 0 Å². The van der Waals surface area contributed by atoms with Gasteiger partial charge in [-0.25, -0.2) is 0 Å². The molecule has 0 atom stereocenters. The summed E-state index contributed by atoms with van der Waals surface area (Å²) in [6.45, 7) is 5.67. The van der Waals surface area contributed by atoms with Crippen LogP contribution in [0.25, 0.3) is 0 Å². The highest BCUT2D eigenvalue weighted by Crippen LogP contribution is 2.08. The quantitative estimate of drug-likeness (QED) is 0.840. The first-order chi connectivity index (χ1) is 12.8. The molecule has 1 heterocycles. The molecule has 0 bridgehead atoms. The Morgan fingerprint density at radius 2 is 1.50 bits per heavy atom. The average Bonchev–Trinajstić information content (AvgIpc) is 2.68. The molecule has 1 saturated heterocycles. The van der Waals surface area contributed by atoms with Crippen LogP contribution in [0.3, 0.4) is 0 Å². The Labute approximate surface area is 155 Å². The maximum Gasteiger partial charge on any atom is 0.234 e. The first-order valence-corrected chi connectivity index (χ1v) is 9.09. The summed E-state index contributed by atoms with van der Waals surface area (Å²) in [5.74, 6) is 6.09. The SMILES string of the molecule is O=C(CN1CCN(Cc2ccccc2)CC1)NCC#Cc1ccccc1. The van der Waals surface area contributed by atoms with Crippen molar-refractivity contribution in [2.24, 2.45) is 0 Å². The van der Waals surface area contributed by atoms with Crippen molar-refractivity contribution in [3.05, 3.63) is 71.8 Å². The minimum Gasteiger partial charge on any atom is -0.344 e. The standard InChI is InChI=1S/C22H25N3O/c26-22(23-13-7-12-20-8-3-1-4-9-20)19-25-16-14-24(15-17-25)18-21-10-5-2-6-11-21/h1-6,8-11H,13-19H2,(H,23,26). The van der Waals surface area contributed by atoms with Gasteiger partial charge in [-0.05, 0) is 17.7 Å². The minimum absolute atomic E-state index is 0.0453. The van der Waals surface area contributed by atoms with Crippen LogP contribution in [0.4, 0.5) is 0 Å². The van der Waals surface area contributed by atoms with Crippen LogP contribution in [0.1, 0.15) is 11.1 Å². The zero-order valence-corrected chi connectivity index (χ0v) is 15.0. The van der Waals surface area contributed by atoms with Gasteiger partial charge in [0.2, 0.25) is 5.91 Å². The third-order valence-corrected chi connectivity index (χ3v) is 4.46. The number of nitrogens with one attached hydrogen (secondary N) is 1. The summed E-state index contributed by atoms with van der Waals surface area (Å²) >= 11 is 0. The van der Waals surface area contributed by atoms with E-state index >= 15 is 0 Å². The van der Waals surface area contributed by atoms with Crippen LogP contribution in [0, 0.1) is 11.8 Å². The number of rotatable bonds is 5. The van der Waals surface area contributed by atoms with E-state index in [-0.39, 0.29) is 5.91 Å². The Bertz CT molecular complexity index is 741. The van der Waals surface area contributed by atoms with Gasteiger partial charge in [-0.1, -0.05) is 60.4 Å². The van der Waals surface area contributed by atoms with E-state index in [9.17, 15) is 4.79 Å². The Hall–Kier alpha value is -2.61. The highest BCUT2D eigenvalue weighted by molar-refractivity contribution is 5.78. The largest absolute Gasteiger partial charge is 0.344 e. The molecule has 4 heteroatoms. The van der Waals surface area contributed by atoms with Crippen LogP contribution in [-0.4, -0.2) is 55.0 Å². The smallest absolute Gasteiger partial charge is 0.234 e. The molecule has 0 spiro atoms. The Morgan fingerprint density at radius 3 is 2.19 bits per heavy atom. The van der Waals surface area contributed by atoms with Crippen molar-refractivity contribution in [2.75, 3.05) is 39.3 Å². The van der Waals surface area contributed by atoms with Crippen molar-refractivity contribution in [3.63, 3.8) is 0 Å². The zero-order chi connectivity index (χ0) is 18.0. The molecular weight excluding hydrogens is 322 g/mol. The first kappa shape index (κ1) is 18.2. The fourth-order valence-electron chi connectivity index (χ4n) is 3.02. The van der Waals surface area contributed by atoms with Crippen LogP contribution in [-0.2, 0) is 11.3 Å². The summed E-state index contributed by atoms with van der Waals surface area (Å²) in [6.07, 6.45) is 0. The van der Waals surface area contributed by atoms with Gasteiger partial charge in [0, 0.05) is 38.3 Å². The molecule has 0 aromatic heterocycles. The van der Waals surface area contributed by atoms with Gasteiger partial charge in [0.15, 0.2) is 0 Å². The topological polar surface area (TPSA) is 35.6 Å². The predicted octanol–water partition coefficient (Wildman–Crippen LogP) is 1.97. The van der Waals surface area contributed by atoms with Crippen molar-refractivity contribution in [3.8, 4) is 11.8 Å². The van der Waals surface area contributed by atoms with E-state index in [1.807, 2.05) is 36.4 Å². The second-order valence-corrected chi connectivity index (χ2v) is 6.48. The fourth-order valence-corrected chi connectivity index (χ4v) is 3.02. The number of piperazine rings is 1. The number of hydrogen-bond donors (Lipinski definition) is 1. The van der Waals surface area contributed by atoms with E-state index < -0.39 is 0 Å². The fraction of sp³-hybridized carbons (Fsp3) is 0.318. The lowest BCUT2D eigenvalue weighted by atomic mass is 10.2. The summed E-state index contributed by atoms with van der Waals surface area (Å²) in [6, 6.07) is 20.3. The van der Waals surface area contributed by atoms with Crippen molar-refractivity contribution >= 4 is 5.91 Å². The summed E-state index contributed by atoms with van der Waals surface area (Å²) in [5, 5.41) is 2.88. The highest BCUT2D eigenvalue weighted by Gasteiger charge is 2.18. The number of hydrogen-bond acceptors (Lipinski definition) is 3. The predicted molar refractivity (Wildman–Crippen MR) is 104 cm³/mol. The summed E-state index contributed by atoms with van der Waals surface area (Å²) < 4.78 is 0. The molecule has 0 radical (unpaired) electrons. The van der Waals surface area contributed by atoms with Crippen LogP contribution in [0.2, 0.25) is 0 Å². The van der Waals surface area contributed by atoms with E-state index in [4.69, 9.17) is 0 Å². The van der Waals surface area contributed by atoms with E-state index in [2.05, 4.69) is 51.2 Å². The molecule has 0 saturated carbocycles. The number of carbonyl (C=O) groups is 1. The number of amides is 1. The molecular formula is C22H25N3O. The minimum atomic E-state index is 0.0453. The van der Waals surface area contributed by atoms with E-state index in [1.165, 1.54) is 5.56 Å². The monoisotopic (exact) mass is 347 g/mol. The lowest BCUT2D eigenvalue weighted by molar-refractivity contribution is -0.122. The van der Waals surface area contributed by atoms with Gasteiger partial charge in [-0.2, -0.15) is 0 Å². The Morgan fingerprint density at radius 1 is 0.885 bits per heavy atom. The van der Waals surface area contributed by atoms with Crippen molar-refractivity contribution in [1.82, 2.24) is 15.1 Å². The molecule has 1 fully saturated rings. The second-order valence-electron chi connectivity index (χ2n) is 6.48. The van der Waals surface area contributed by atoms with E-state index in [1.54, 1.807) is 0 Å². The molecule has 3 rings (SSSR count). The lowest BCUT2D eigenvalue weighted by Crippen LogP contribution is -2.49. The maximum atomic E-state index is 12.1.